The summed E-state index contributed by atoms with van der Waals surface area (Å²) in [6.07, 6.45) is -2.81. The van der Waals surface area contributed by atoms with Gasteiger partial charge >= 0.3 is 6.18 Å². The number of halogens is 3. The third kappa shape index (κ3) is 6.75. The molecule has 3 aromatic rings. The minimum atomic E-state index is -4.36. The monoisotopic (exact) mass is 456 g/mol. The van der Waals surface area contributed by atoms with E-state index in [0.29, 0.717) is 23.8 Å². The Morgan fingerprint density at radius 1 is 0.848 bits per heavy atom. The van der Waals surface area contributed by atoms with Crippen molar-refractivity contribution in [2.24, 2.45) is 5.10 Å². The molecule has 0 saturated heterocycles. The number of ether oxygens (including phenoxy) is 2. The van der Waals surface area contributed by atoms with Crippen molar-refractivity contribution >= 4 is 11.9 Å². The molecule has 0 bridgehead atoms. The molecule has 0 unspecified atom stereocenters. The van der Waals surface area contributed by atoms with Crippen LogP contribution >= 0.6 is 0 Å². The normalized spacial score (nSPS) is 12.1. The number of anilines is 1. The summed E-state index contributed by atoms with van der Waals surface area (Å²) in [5, 5.41) is 4.08. The molecule has 0 heterocycles. The van der Waals surface area contributed by atoms with Crippen LogP contribution in [0.5, 0.6) is 11.5 Å². The second-order valence-electron chi connectivity index (χ2n) is 8.59. The van der Waals surface area contributed by atoms with Crippen molar-refractivity contribution in [1.82, 2.24) is 0 Å². The van der Waals surface area contributed by atoms with Gasteiger partial charge in [0.25, 0.3) is 0 Å². The maximum absolute atomic E-state index is 12.6. The Labute approximate surface area is 192 Å². The van der Waals surface area contributed by atoms with Crippen molar-refractivity contribution in [2.45, 2.75) is 39.0 Å². The molecule has 0 saturated carbocycles. The van der Waals surface area contributed by atoms with E-state index in [4.69, 9.17) is 9.47 Å². The number of hydrogen-bond donors (Lipinski definition) is 1. The van der Waals surface area contributed by atoms with Crippen molar-refractivity contribution in [3.63, 3.8) is 0 Å². The van der Waals surface area contributed by atoms with E-state index in [1.165, 1.54) is 17.7 Å². The number of rotatable bonds is 7. The van der Waals surface area contributed by atoms with Gasteiger partial charge in [-0.25, -0.2) is 0 Å². The lowest BCUT2D eigenvalue weighted by Gasteiger charge is -2.19. The highest BCUT2D eigenvalue weighted by molar-refractivity contribution is 5.81. The predicted octanol–water partition coefficient (Wildman–Crippen LogP) is 7.04. The summed E-state index contributed by atoms with van der Waals surface area (Å²) in [6, 6.07) is 18.4. The van der Waals surface area contributed by atoms with E-state index in [1.54, 1.807) is 25.5 Å². The lowest BCUT2D eigenvalue weighted by atomic mass is 9.87. The van der Waals surface area contributed by atoms with E-state index in [-0.39, 0.29) is 5.41 Å². The Morgan fingerprint density at radius 2 is 1.48 bits per heavy atom. The Bertz CT molecular complexity index is 1080. The number of hydrogen-bond acceptors (Lipinski definition) is 4. The van der Waals surface area contributed by atoms with Gasteiger partial charge in [0.15, 0.2) is 11.5 Å². The summed E-state index contributed by atoms with van der Waals surface area (Å²) in [7, 11) is 1.56. The highest BCUT2D eigenvalue weighted by Crippen LogP contribution is 2.30. The van der Waals surface area contributed by atoms with E-state index in [2.05, 4.69) is 55.6 Å². The van der Waals surface area contributed by atoms with Crippen LogP contribution in [0, 0.1) is 0 Å². The molecule has 3 aromatic carbocycles. The molecule has 4 nitrogen and oxygen atoms in total. The zero-order chi connectivity index (χ0) is 24.1. The Hall–Kier alpha value is -3.48. The second-order valence-corrected chi connectivity index (χ2v) is 8.59. The fourth-order valence-corrected chi connectivity index (χ4v) is 3.06. The molecule has 0 aliphatic carbocycles. The smallest absolute Gasteiger partial charge is 0.416 e. The topological polar surface area (TPSA) is 42.8 Å². The SMILES string of the molecule is COc1cc(C=NNc2ccc(C(F)(F)F)cc2)ccc1OCc1ccc(C(C)(C)C)cc1. The molecule has 0 aliphatic heterocycles. The Kier molecular flexibility index (Phi) is 7.31. The molecule has 0 aromatic heterocycles. The number of benzene rings is 3. The van der Waals surface area contributed by atoms with Gasteiger partial charge in [0.1, 0.15) is 6.61 Å². The second kappa shape index (κ2) is 9.98. The summed E-state index contributed by atoms with van der Waals surface area (Å²) in [6.45, 7) is 6.93. The first-order valence-corrected chi connectivity index (χ1v) is 10.4. The molecule has 33 heavy (non-hydrogen) atoms. The first kappa shape index (κ1) is 24.2. The molecule has 174 valence electrons. The van der Waals surface area contributed by atoms with Crippen molar-refractivity contribution in [3.05, 3.63) is 89.0 Å². The Balaban J connectivity index is 1.61. The number of nitrogens with zero attached hydrogens (tertiary/aromatic N) is 1. The fourth-order valence-electron chi connectivity index (χ4n) is 3.06. The van der Waals surface area contributed by atoms with Gasteiger partial charge in [-0.15, -0.1) is 0 Å². The third-order valence-corrected chi connectivity index (χ3v) is 5.02. The van der Waals surface area contributed by atoms with Gasteiger partial charge in [0.05, 0.1) is 24.6 Å². The van der Waals surface area contributed by atoms with Crippen molar-refractivity contribution < 1.29 is 22.6 Å². The van der Waals surface area contributed by atoms with Gasteiger partial charge in [-0.05, 0) is 64.6 Å². The van der Waals surface area contributed by atoms with Crippen LogP contribution in [0.25, 0.3) is 0 Å². The largest absolute Gasteiger partial charge is 0.493 e. The van der Waals surface area contributed by atoms with Gasteiger partial charge in [0, 0.05) is 0 Å². The average molecular weight is 457 g/mol. The maximum atomic E-state index is 12.6. The standard InChI is InChI=1S/C26H27F3N2O2/c1-25(2,3)20-8-5-18(6-9-20)17-33-23-14-7-19(15-24(23)32-4)16-30-31-22-12-10-21(11-13-22)26(27,28)29/h5-16,31H,17H2,1-4H3. The molecule has 1 N–H and O–H groups in total. The summed E-state index contributed by atoms with van der Waals surface area (Å²) < 4.78 is 49.3. The lowest BCUT2D eigenvalue weighted by molar-refractivity contribution is -0.137. The first-order valence-electron chi connectivity index (χ1n) is 10.4. The molecule has 0 fully saturated rings. The molecular formula is C26H27F3N2O2. The van der Waals surface area contributed by atoms with E-state index in [9.17, 15) is 13.2 Å². The van der Waals surface area contributed by atoms with Crippen LogP contribution in [0.1, 0.15) is 43.0 Å². The lowest BCUT2D eigenvalue weighted by Crippen LogP contribution is -2.10. The van der Waals surface area contributed by atoms with Crippen molar-refractivity contribution in [1.29, 1.82) is 0 Å². The van der Waals surface area contributed by atoms with Gasteiger partial charge in [-0.3, -0.25) is 5.43 Å². The third-order valence-electron chi connectivity index (χ3n) is 5.02. The van der Waals surface area contributed by atoms with Crippen LogP contribution in [0.4, 0.5) is 18.9 Å². The quantitative estimate of drug-likeness (QED) is 0.306. The fraction of sp³-hybridized carbons (Fsp3) is 0.269. The summed E-state index contributed by atoms with van der Waals surface area (Å²) >= 11 is 0. The van der Waals surface area contributed by atoms with Crippen LogP contribution in [-0.4, -0.2) is 13.3 Å². The molecule has 0 amide bonds. The molecule has 3 rings (SSSR count). The predicted molar refractivity (Wildman–Crippen MR) is 125 cm³/mol. The van der Waals surface area contributed by atoms with Gasteiger partial charge in [0.2, 0.25) is 0 Å². The van der Waals surface area contributed by atoms with Crippen LogP contribution in [0.15, 0.2) is 71.8 Å². The Morgan fingerprint density at radius 3 is 2.06 bits per heavy atom. The van der Waals surface area contributed by atoms with Gasteiger partial charge in [-0.1, -0.05) is 45.0 Å². The molecular weight excluding hydrogens is 429 g/mol. The average Bonchev–Trinajstić information content (AvgIpc) is 2.77. The molecule has 7 heteroatoms. The molecule has 0 radical (unpaired) electrons. The summed E-state index contributed by atoms with van der Waals surface area (Å²) in [4.78, 5) is 0. The highest BCUT2D eigenvalue weighted by atomic mass is 19.4. The number of methoxy groups -OCH3 is 1. The molecule has 0 spiro atoms. The van der Waals surface area contributed by atoms with E-state index in [1.807, 2.05) is 6.07 Å². The summed E-state index contributed by atoms with van der Waals surface area (Å²) in [5.41, 5.74) is 5.61. The molecule has 0 atom stereocenters. The van der Waals surface area contributed by atoms with Gasteiger partial charge in [-0.2, -0.15) is 18.3 Å². The zero-order valence-electron chi connectivity index (χ0n) is 19.0. The van der Waals surface area contributed by atoms with Crippen LogP contribution in [0.3, 0.4) is 0 Å². The van der Waals surface area contributed by atoms with Crippen LogP contribution in [0.2, 0.25) is 0 Å². The maximum Gasteiger partial charge on any atom is 0.416 e. The van der Waals surface area contributed by atoms with Crippen LogP contribution in [-0.2, 0) is 18.2 Å². The number of alkyl halides is 3. The highest BCUT2D eigenvalue weighted by Gasteiger charge is 2.29. The van der Waals surface area contributed by atoms with Crippen molar-refractivity contribution in [3.8, 4) is 11.5 Å². The zero-order valence-corrected chi connectivity index (χ0v) is 19.0. The minimum Gasteiger partial charge on any atom is -0.493 e. The van der Waals surface area contributed by atoms with Gasteiger partial charge < -0.3 is 9.47 Å². The first-order chi connectivity index (χ1) is 15.6. The van der Waals surface area contributed by atoms with E-state index in [0.717, 1.165) is 23.3 Å². The number of hydrazone groups is 1. The van der Waals surface area contributed by atoms with E-state index >= 15 is 0 Å². The van der Waals surface area contributed by atoms with Crippen molar-refractivity contribution in [2.75, 3.05) is 12.5 Å². The number of nitrogens with one attached hydrogen (secondary N) is 1. The summed E-state index contributed by atoms with van der Waals surface area (Å²) in [5.74, 6) is 1.16. The van der Waals surface area contributed by atoms with Crippen LogP contribution < -0.4 is 14.9 Å². The molecule has 0 aliphatic rings. The van der Waals surface area contributed by atoms with E-state index < -0.39 is 11.7 Å². The minimum absolute atomic E-state index is 0.0986.